The van der Waals surface area contributed by atoms with Gasteiger partial charge >= 0.3 is 0 Å². The summed E-state index contributed by atoms with van der Waals surface area (Å²) in [6.07, 6.45) is 0.827. The number of nitrogens with one attached hydrogen (secondary N) is 1. The highest BCUT2D eigenvalue weighted by atomic mass is 32.1. The average Bonchev–Trinajstić information content (AvgIpc) is 3.01. The van der Waals surface area contributed by atoms with E-state index in [2.05, 4.69) is 40.1 Å². The lowest BCUT2D eigenvalue weighted by Gasteiger charge is -2.14. The van der Waals surface area contributed by atoms with Crippen LogP contribution in [0.4, 0.5) is 0 Å². The largest absolute Gasteiger partial charge is 0.349 e. The number of thiophene rings is 1. The molecule has 0 radical (unpaired) electrons. The van der Waals surface area contributed by atoms with Gasteiger partial charge in [-0.05, 0) is 49.6 Å². The molecule has 1 amide bonds. The maximum absolute atomic E-state index is 12.5. The molecule has 1 N–H and O–H groups in total. The molecule has 0 fully saturated rings. The third-order valence-corrected chi connectivity index (χ3v) is 5.21. The monoisotopic (exact) mass is 327 g/mol. The summed E-state index contributed by atoms with van der Waals surface area (Å²) in [6, 6.07) is 8.46. The van der Waals surface area contributed by atoms with Crippen molar-refractivity contribution in [3.8, 4) is 0 Å². The first-order valence-corrected chi connectivity index (χ1v) is 8.61. The van der Waals surface area contributed by atoms with Gasteiger partial charge in [0.2, 0.25) is 0 Å². The van der Waals surface area contributed by atoms with E-state index < -0.39 is 0 Å². The zero-order valence-corrected chi connectivity index (χ0v) is 14.7. The molecular formula is C18H21N3OS. The molecule has 1 unspecified atom stereocenters. The van der Waals surface area contributed by atoms with Crippen molar-refractivity contribution >= 4 is 27.3 Å². The van der Waals surface area contributed by atoms with Crippen molar-refractivity contribution in [2.75, 3.05) is 0 Å². The Hall–Kier alpha value is -2.14. The van der Waals surface area contributed by atoms with Gasteiger partial charge in [-0.3, -0.25) is 9.48 Å². The second kappa shape index (κ2) is 6.16. The molecule has 5 heteroatoms. The molecule has 0 bridgehead atoms. The van der Waals surface area contributed by atoms with E-state index in [1.807, 2.05) is 27.8 Å². The minimum Gasteiger partial charge on any atom is -0.349 e. The van der Waals surface area contributed by atoms with E-state index in [4.69, 9.17) is 0 Å². The topological polar surface area (TPSA) is 46.9 Å². The van der Waals surface area contributed by atoms with Crippen LogP contribution in [0.25, 0.3) is 10.1 Å². The number of fused-ring (bicyclic) bond motifs is 1. The predicted octanol–water partition coefficient (Wildman–Crippen LogP) is 3.61. The van der Waals surface area contributed by atoms with Crippen molar-refractivity contribution < 1.29 is 4.79 Å². The first-order valence-electron chi connectivity index (χ1n) is 7.73. The standard InChI is InChI=1S/C18H21N3OS/c1-11(9-14-10-23-16-8-6-5-7-15(14)16)19-18(22)17-12(2)20-21(4)13(17)3/h5-8,10-11H,9H2,1-4H3,(H,19,22). The zero-order valence-electron chi connectivity index (χ0n) is 13.9. The van der Waals surface area contributed by atoms with E-state index in [1.165, 1.54) is 15.6 Å². The Morgan fingerprint density at radius 3 is 2.78 bits per heavy atom. The molecule has 1 aromatic carbocycles. The summed E-state index contributed by atoms with van der Waals surface area (Å²) in [5.74, 6) is -0.0415. The summed E-state index contributed by atoms with van der Waals surface area (Å²) in [7, 11) is 1.86. The van der Waals surface area contributed by atoms with Gasteiger partial charge in [0.15, 0.2) is 0 Å². The number of rotatable bonds is 4. The Balaban J connectivity index is 1.74. The van der Waals surface area contributed by atoms with Gasteiger partial charge in [0.25, 0.3) is 5.91 Å². The average molecular weight is 327 g/mol. The Kier molecular flexibility index (Phi) is 4.22. The van der Waals surface area contributed by atoms with Crippen LogP contribution < -0.4 is 5.32 Å². The molecule has 0 aliphatic carbocycles. The number of amides is 1. The van der Waals surface area contributed by atoms with Crippen LogP contribution in [-0.4, -0.2) is 21.7 Å². The number of hydrogen-bond donors (Lipinski definition) is 1. The molecule has 23 heavy (non-hydrogen) atoms. The van der Waals surface area contributed by atoms with Crippen LogP contribution in [0.5, 0.6) is 0 Å². The van der Waals surface area contributed by atoms with Gasteiger partial charge in [0.1, 0.15) is 0 Å². The van der Waals surface area contributed by atoms with Crippen LogP contribution in [-0.2, 0) is 13.5 Å². The number of hydrogen-bond acceptors (Lipinski definition) is 3. The molecule has 2 aromatic heterocycles. The van der Waals surface area contributed by atoms with Gasteiger partial charge in [-0.1, -0.05) is 18.2 Å². The number of carbonyl (C=O) groups is 1. The van der Waals surface area contributed by atoms with E-state index in [1.54, 1.807) is 16.0 Å². The van der Waals surface area contributed by atoms with Crippen LogP contribution in [0.15, 0.2) is 29.6 Å². The second-order valence-electron chi connectivity index (χ2n) is 6.01. The van der Waals surface area contributed by atoms with E-state index in [9.17, 15) is 4.79 Å². The van der Waals surface area contributed by atoms with Gasteiger partial charge in [-0.2, -0.15) is 5.10 Å². The van der Waals surface area contributed by atoms with E-state index >= 15 is 0 Å². The summed E-state index contributed by atoms with van der Waals surface area (Å²) in [6.45, 7) is 5.84. The lowest BCUT2D eigenvalue weighted by atomic mass is 10.1. The van der Waals surface area contributed by atoms with Crippen LogP contribution in [0.1, 0.15) is 34.2 Å². The Morgan fingerprint density at radius 1 is 1.35 bits per heavy atom. The molecule has 0 saturated carbocycles. The number of aryl methyl sites for hydroxylation is 2. The first-order chi connectivity index (χ1) is 11.0. The van der Waals surface area contributed by atoms with Crippen molar-refractivity contribution in [3.63, 3.8) is 0 Å². The normalized spacial score (nSPS) is 12.5. The van der Waals surface area contributed by atoms with Crippen molar-refractivity contribution in [3.05, 3.63) is 52.2 Å². The Bertz CT molecular complexity index is 862. The summed E-state index contributed by atoms with van der Waals surface area (Å²) in [5, 5.41) is 10.9. The molecule has 2 heterocycles. The van der Waals surface area contributed by atoms with Crippen molar-refractivity contribution in [1.82, 2.24) is 15.1 Å². The van der Waals surface area contributed by atoms with Gasteiger partial charge in [-0.25, -0.2) is 0 Å². The summed E-state index contributed by atoms with van der Waals surface area (Å²) < 4.78 is 3.04. The second-order valence-corrected chi connectivity index (χ2v) is 6.92. The number of aromatic nitrogens is 2. The molecule has 1 atom stereocenters. The van der Waals surface area contributed by atoms with Crippen LogP contribution in [0.2, 0.25) is 0 Å². The van der Waals surface area contributed by atoms with Gasteiger partial charge < -0.3 is 5.32 Å². The highest BCUT2D eigenvalue weighted by Crippen LogP contribution is 2.26. The smallest absolute Gasteiger partial charge is 0.255 e. The molecule has 0 aliphatic rings. The van der Waals surface area contributed by atoms with Crippen LogP contribution >= 0.6 is 11.3 Å². The molecule has 4 nitrogen and oxygen atoms in total. The molecule has 3 rings (SSSR count). The third kappa shape index (κ3) is 3.01. The molecular weight excluding hydrogens is 306 g/mol. The fourth-order valence-electron chi connectivity index (χ4n) is 2.97. The summed E-state index contributed by atoms with van der Waals surface area (Å²) in [5.41, 5.74) is 3.65. The molecule has 3 aromatic rings. The zero-order chi connectivity index (χ0) is 16.6. The molecule has 0 saturated heterocycles. The van der Waals surface area contributed by atoms with E-state index in [0.717, 1.165) is 17.8 Å². The summed E-state index contributed by atoms with van der Waals surface area (Å²) in [4.78, 5) is 12.5. The third-order valence-electron chi connectivity index (χ3n) is 4.20. The number of carbonyl (C=O) groups excluding carboxylic acids is 1. The van der Waals surface area contributed by atoms with Gasteiger partial charge in [0.05, 0.1) is 11.3 Å². The predicted molar refractivity (Wildman–Crippen MR) is 95.1 cm³/mol. The summed E-state index contributed by atoms with van der Waals surface area (Å²) >= 11 is 1.75. The molecule has 0 aliphatic heterocycles. The van der Waals surface area contributed by atoms with Gasteiger partial charge in [0, 0.05) is 23.5 Å². The lowest BCUT2D eigenvalue weighted by Crippen LogP contribution is -2.34. The SMILES string of the molecule is Cc1nn(C)c(C)c1C(=O)NC(C)Cc1csc2ccccc12. The first kappa shape index (κ1) is 15.7. The Labute approximate surface area is 140 Å². The quantitative estimate of drug-likeness (QED) is 0.795. The fraction of sp³-hybridized carbons (Fsp3) is 0.333. The van der Waals surface area contributed by atoms with Crippen LogP contribution in [0, 0.1) is 13.8 Å². The minimum atomic E-state index is -0.0415. The minimum absolute atomic E-state index is 0.0415. The van der Waals surface area contributed by atoms with Crippen LogP contribution in [0.3, 0.4) is 0 Å². The molecule has 120 valence electrons. The maximum atomic E-state index is 12.5. The highest BCUT2D eigenvalue weighted by molar-refractivity contribution is 7.17. The lowest BCUT2D eigenvalue weighted by molar-refractivity contribution is 0.0939. The Morgan fingerprint density at radius 2 is 2.09 bits per heavy atom. The number of nitrogens with zero attached hydrogens (tertiary/aromatic N) is 2. The number of benzene rings is 1. The van der Waals surface area contributed by atoms with Gasteiger partial charge in [-0.15, -0.1) is 11.3 Å². The van der Waals surface area contributed by atoms with E-state index in [-0.39, 0.29) is 11.9 Å². The van der Waals surface area contributed by atoms with E-state index in [0.29, 0.717) is 5.56 Å². The fourth-order valence-corrected chi connectivity index (χ4v) is 3.95. The van der Waals surface area contributed by atoms with Crippen molar-refractivity contribution in [1.29, 1.82) is 0 Å². The molecule has 0 spiro atoms. The van der Waals surface area contributed by atoms with Crippen molar-refractivity contribution in [2.24, 2.45) is 7.05 Å². The maximum Gasteiger partial charge on any atom is 0.255 e. The highest BCUT2D eigenvalue weighted by Gasteiger charge is 2.19. The van der Waals surface area contributed by atoms with Crippen molar-refractivity contribution in [2.45, 2.75) is 33.2 Å².